The minimum atomic E-state index is -4.73. The summed E-state index contributed by atoms with van der Waals surface area (Å²) < 4.78 is 51.4. The fourth-order valence-corrected chi connectivity index (χ4v) is 3.32. The van der Waals surface area contributed by atoms with E-state index in [0.29, 0.717) is 30.3 Å². The Bertz CT molecular complexity index is 827. The molecule has 9 heteroatoms. The summed E-state index contributed by atoms with van der Waals surface area (Å²) in [5, 5.41) is 2.82. The van der Waals surface area contributed by atoms with E-state index in [2.05, 4.69) is 10.1 Å². The number of rotatable bonds is 6. The molecule has 1 heterocycles. The van der Waals surface area contributed by atoms with Crippen molar-refractivity contribution in [3.05, 3.63) is 48.0 Å². The second-order valence-electron chi connectivity index (χ2n) is 6.00. The van der Waals surface area contributed by atoms with Gasteiger partial charge in [-0.15, -0.1) is 24.9 Å². The van der Waals surface area contributed by atoms with Gasteiger partial charge in [-0.3, -0.25) is 4.79 Å². The number of halogens is 3. The molecule has 1 unspecified atom stereocenters. The number of fused-ring (bicyclic) bond motifs is 1. The molecule has 2 aromatic rings. The van der Waals surface area contributed by atoms with Crippen molar-refractivity contribution in [1.29, 1.82) is 0 Å². The van der Waals surface area contributed by atoms with Crippen LogP contribution in [0.3, 0.4) is 0 Å². The number of carbonyl (C=O) groups is 1. The van der Waals surface area contributed by atoms with Crippen molar-refractivity contribution in [1.82, 2.24) is 5.32 Å². The number of amides is 1. The molecule has 0 spiro atoms. The molecular formula is C19H18F3NO4S. The average molecular weight is 413 g/mol. The molecule has 0 aliphatic carbocycles. The molecule has 0 saturated carbocycles. The first kappa shape index (κ1) is 20.2. The maximum absolute atomic E-state index is 12.2. The van der Waals surface area contributed by atoms with Crippen LogP contribution in [0.4, 0.5) is 13.2 Å². The van der Waals surface area contributed by atoms with Gasteiger partial charge in [-0.25, -0.2) is 0 Å². The van der Waals surface area contributed by atoms with E-state index in [0.717, 1.165) is 4.90 Å². The van der Waals surface area contributed by atoms with E-state index >= 15 is 0 Å². The van der Waals surface area contributed by atoms with Crippen molar-refractivity contribution < 1.29 is 32.2 Å². The van der Waals surface area contributed by atoms with Gasteiger partial charge < -0.3 is 19.5 Å². The Morgan fingerprint density at radius 1 is 1.14 bits per heavy atom. The van der Waals surface area contributed by atoms with Crippen LogP contribution in [0.15, 0.2) is 47.4 Å². The Balaban J connectivity index is 1.50. The maximum Gasteiger partial charge on any atom is 0.573 e. The van der Waals surface area contributed by atoms with Gasteiger partial charge in [0.1, 0.15) is 19.0 Å². The van der Waals surface area contributed by atoms with E-state index < -0.39 is 6.36 Å². The van der Waals surface area contributed by atoms with E-state index in [1.165, 1.54) is 36.0 Å². The molecule has 0 bridgehead atoms. The van der Waals surface area contributed by atoms with Crippen molar-refractivity contribution >= 4 is 17.7 Å². The van der Waals surface area contributed by atoms with Gasteiger partial charge in [-0.05, 0) is 42.8 Å². The summed E-state index contributed by atoms with van der Waals surface area (Å²) in [5.41, 5.74) is 0.673. The zero-order valence-corrected chi connectivity index (χ0v) is 15.7. The maximum atomic E-state index is 12.2. The van der Waals surface area contributed by atoms with Crippen LogP contribution in [-0.4, -0.2) is 31.2 Å². The van der Waals surface area contributed by atoms with Crippen molar-refractivity contribution in [3.8, 4) is 17.2 Å². The smallest absolute Gasteiger partial charge is 0.486 e. The molecule has 0 fully saturated rings. The fraction of sp³-hybridized carbons (Fsp3) is 0.316. The van der Waals surface area contributed by atoms with E-state index in [-0.39, 0.29) is 23.5 Å². The van der Waals surface area contributed by atoms with Crippen LogP contribution in [0.25, 0.3) is 0 Å². The molecule has 0 radical (unpaired) electrons. The van der Waals surface area contributed by atoms with Gasteiger partial charge in [-0.2, -0.15) is 0 Å². The van der Waals surface area contributed by atoms with Crippen molar-refractivity contribution in [2.24, 2.45) is 0 Å². The first-order valence-electron chi connectivity index (χ1n) is 8.48. The molecular weight excluding hydrogens is 395 g/mol. The second-order valence-corrected chi connectivity index (χ2v) is 7.05. The molecule has 0 saturated heterocycles. The third-order valence-corrected chi connectivity index (χ3v) is 4.87. The Labute approximate surface area is 164 Å². The van der Waals surface area contributed by atoms with Gasteiger partial charge in [-0.1, -0.05) is 12.1 Å². The normalized spacial score (nSPS) is 14.3. The first-order chi connectivity index (χ1) is 13.3. The van der Waals surface area contributed by atoms with Crippen LogP contribution in [-0.2, 0) is 4.79 Å². The number of thioether (sulfide) groups is 1. The number of hydrogen-bond donors (Lipinski definition) is 1. The Kier molecular flexibility index (Phi) is 6.23. The number of benzene rings is 2. The minimum absolute atomic E-state index is 0.192. The van der Waals surface area contributed by atoms with Gasteiger partial charge in [0.25, 0.3) is 0 Å². The van der Waals surface area contributed by atoms with Crippen LogP contribution >= 0.6 is 11.8 Å². The van der Waals surface area contributed by atoms with Gasteiger partial charge in [0, 0.05) is 4.90 Å². The average Bonchev–Trinajstić information content (AvgIpc) is 2.65. The highest BCUT2D eigenvalue weighted by Gasteiger charge is 2.31. The highest BCUT2D eigenvalue weighted by molar-refractivity contribution is 8.00. The molecule has 150 valence electrons. The summed E-state index contributed by atoms with van der Waals surface area (Å²) in [6, 6.07) is 10.5. The lowest BCUT2D eigenvalue weighted by Gasteiger charge is -2.19. The van der Waals surface area contributed by atoms with Crippen LogP contribution in [0.2, 0.25) is 0 Å². The predicted molar refractivity (Wildman–Crippen MR) is 97.8 cm³/mol. The van der Waals surface area contributed by atoms with Crippen LogP contribution < -0.4 is 19.5 Å². The third-order valence-electron chi connectivity index (χ3n) is 3.87. The number of ether oxygens (including phenoxy) is 3. The molecule has 1 aliphatic rings. The van der Waals surface area contributed by atoms with Crippen LogP contribution in [0, 0.1) is 0 Å². The number of carbonyl (C=O) groups excluding carboxylic acids is 1. The summed E-state index contributed by atoms with van der Waals surface area (Å²) >= 11 is 1.35. The SMILES string of the molecule is CC(NC(=O)CSc1ccc2c(c1)OCCO2)c1ccc(OC(F)(F)F)cc1. The van der Waals surface area contributed by atoms with Crippen molar-refractivity contribution in [2.45, 2.75) is 24.2 Å². The Morgan fingerprint density at radius 3 is 2.50 bits per heavy atom. The molecule has 1 aliphatic heterocycles. The van der Waals surface area contributed by atoms with Crippen LogP contribution in [0.5, 0.6) is 17.2 Å². The molecule has 0 aromatic heterocycles. The van der Waals surface area contributed by atoms with Gasteiger partial charge in [0.05, 0.1) is 11.8 Å². The van der Waals surface area contributed by atoms with Crippen LogP contribution in [0.1, 0.15) is 18.5 Å². The quantitative estimate of drug-likeness (QED) is 0.715. The van der Waals surface area contributed by atoms with E-state index in [4.69, 9.17) is 9.47 Å². The summed E-state index contributed by atoms with van der Waals surface area (Å²) in [6.07, 6.45) is -4.73. The largest absolute Gasteiger partial charge is 0.573 e. The van der Waals surface area contributed by atoms with Gasteiger partial charge >= 0.3 is 6.36 Å². The highest BCUT2D eigenvalue weighted by atomic mass is 32.2. The molecule has 3 rings (SSSR count). The third kappa shape index (κ3) is 5.72. The summed E-state index contributed by atoms with van der Waals surface area (Å²) in [4.78, 5) is 13.1. The number of alkyl halides is 3. The molecule has 1 atom stereocenters. The Hall–Kier alpha value is -2.55. The lowest BCUT2D eigenvalue weighted by Crippen LogP contribution is -2.28. The lowest BCUT2D eigenvalue weighted by molar-refractivity contribution is -0.274. The zero-order valence-electron chi connectivity index (χ0n) is 14.9. The summed E-state index contributed by atoms with van der Waals surface area (Å²) in [7, 11) is 0. The zero-order chi connectivity index (χ0) is 20.1. The standard InChI is InChI=1S/C19H18F3NO4S/c1-12(13-2-4-14(5-3-13)27-19(20,21)22)23-18(24)11-28-15-6-7-16-17(10-15)26-9-8-25-16/h2-7,10,12H,8-9,11H2,1H3,(H,23,24). The van der Waals surface area contributed by atoms with Crippen molar-refractivity contribution in [2.75, 3.05) is 19.0 Å². The topological polar surface area (TPSA) is 56.8 Å². The number of nitrogens with one attached hydrogen (secondary N) is 1. The summed E-state index contributed by atoms with van der Waals surface area (Å²) in [6.45, 7) is 2.77. The highest BCUT2D eigenvalue weighted by Crippen LogP contribution is 2.34. The van der Waals surface area contributed by atoms with Gasteiger partial charge in [0.2, 0.25) is 5.91 Å². The molecule has 1 amide bonds. The summed E-state index contributed by atoms with van der Waals surface area (Å²) in [5.74, 6) is 1.05. The lowest BCUT2D eigenvalue weighted by atomic mass is 10.1. The monoisotopic (exact) mass is 413 g/mol. The van der Waals surface area contributed by atoms with E-state index in [1.807, 2.05) is 18.2 Å². The molecule has 5 nitrogen and oxygen atoms in total. The Morgan fingerprint density at radius 2 is 1.82 bits per heavy atom. The molecule has 28 heavy (non-hydrogen) atoms. The fourth-order valence-electron chi connectivity index (χ4n) is 2.59. The molecule has 1 N–H and O–H groups in total. The second kappa shape index (κ2) is 8.64. The number of hydrogen-bond acceptors (Lipinski definition) is 5. The van der Waals surface area contributed by atoms with E-state index in [1.54, 1.807) is 6.92 Å². The van der Waals surface area contributed by atoms with E-state index in [9.17, 15) is 18.0 Å². The van der Waals surface area contributed by atoms with Crippen molar-refractivity contribution in [3.63, 3.8) is 0 Å². The predicted octanol–water partition coefficient (Wildman–Crippen LogP) is 4.33. The van der Waals surface area contributed by atoms with Gasteiger partial charge in [0.15, 0.2) is 11.5 Å². The minimum Gasteiger partial charge on any atom is -0.486 e. The first-order valence-corrected chi connectivity index (χ1v) is 9.46. The molecule has 2 aromatic carbocycles.